The van der Waals surface area contributed by atoms with Crippen LogP contribution >= 0.6 is 0 Å². The molecule has 0 aliphatic carbocycles. The van der Waals surface area contributed by atoms with E-state index in [0.29, 0.717) is 0 Å². The van der Waals surface area contributed by atoms with E-state index in [2.05, 4.69) is 20.6 Å². The Balaban J connectivity index is 2.40. The van der Waals surface area contributed by atoms with E-state index in [-0.39, 0.29) is 18.9 Å². The van der Waals surface area contributed by atoms with Crippen molar-refractivity contribution in [2.75, 3.05) is 13.7 Å². The molecule has 0 radical (unpaired) electrons. The molecule has 1 aromatic carbocycles. The van der Waals surface area contributed by atoms with E-state index in [0.717, 1.165) is 5.56 Å². The van der Waals surface area contributed by atoms with Crippen molar-refractivity contribution in [3.05, 3.63) is 41.7 Å². The molecule has 0 bridgehead atoms. The molecule has 7 nitrogen and oxygen atoms in total. The van der Waals surface area contributed by atoms with Gasteiger partial charge in [0.05, 0.1) is 6.61 Å². The summed E-state index contributed by atoms with van der Waals surface area (Å²) in [4.78, 5) is 12.3. The zero-order chi connectivity index (χ0) is 14.4. The lowest BCUT2D eigenvalue weighted by Crippen LogP contribution is -2.42. The van der Waals surface area contributed by atoms with Gasteiger partial charge in [0, 0.05) is 13.5 Å². The molecule has 20 heavy (non-hydrogen) atoms. The van der Waals surface area contributed by atoms with E-state index in [1.807, 2.05) is 30.3 Å². The number of rotatable bonds is 6. The highest BCUT2D eigenvalue weighted by Crippen LogP contribution is 2.28. The molecular weight excluding hydrogens is 260 g/mol. The van der Waals surface area contributed by atoms with Crippen LogP contribution in [0.15, 0.2) is 30.3 Å². The predicted octanol–water partition coefficient (Wildman–Crippen LogP) is 0.847. The van der Waals surface area contributed by atoms with E-state index in [1.165, 1.54) is 7.11 Å². The van der Waals surface area contributed by atoms with Gasteiger partial charge in [0.2, 0.25) is 11.4 Å². The quantitative estimate of drug-likeness (QED) is 0.786. The molecule has 2 rings (SSSR count). The normalized spacial score (nSPS) is 13.7. The van der Waals surface area contributed by atoms with Crippen molar-refractivity contribution in [3.8, 4) is 0 Å². The number of aromatic nitrogens is 4. The number of nitrogens with one attached hydrogen (secondary N) is 1. The predicted molar refractivity (Wildman–Crippen MR) is 69.6 cm³/mol. The Kier molecular flexibility index (Phi) is 4.41. The summed E-state index contributed by atoms with van der Waals surface area (Å²) in [6, 6.07) is 9.46. The van der Waals surface area contributed by atoms with Gasteiger partial charge in [0.1, 0.15) is 0 Å². The Hall–Kier alpha value is -2.28. The molecule has 0 saturated heterocycles. The van der Waals surface area contributed by atoms with Gasteiger partial charge in [0.25, 0.3) is 0 Å². The summed E-state index contributed by atoms with van der Waals surface area (Å²) < 4.78 is 10.5. The average molecular weight is 276 g/mol. The average Bonchev–Trinajstić information content (AvgIpc) is 3.00. The molecule has 1 heterocycles. The third-order valence-corrected chi connectivity index (χ3v) is 2.96. The number of hydrogen-bond donors (Lipinski definition) is 1. The van der Waals surface area contributed by atoms with Crippen molar-refractivity contribution >= 4 is 5.97 Å². The number of methoxy groups -OCH3 is 1. The first kappa shape index (κ1) is 14.1. The van der Waals surface area contributed by atoms with Crippen LogP contribution in [0.5, 0.6) is 0 Å². The lowest BCUT2D eigenvalue weighted by atomic mass is 9.93. The van der Waals surface area contributed by atoms with Gasteiger partial charge in [-0.3, -0.25) is 0 Å². The highest BCUT2D eigenvalue weighted by atomic mass is 16.6. The maximum absolute atomic E-state index is 12.3. The fraction of sp³-hybridized carbons (Fsp3) is 0.385. The summed E-state index contributed by atoms with van der Waals surface area (Å²) in [6.45, 7) is 1.98. The van der Waals surface area contributed by atoms with Crippen molar-refractivity contribution in [1.82, 2.24) is 20.6 Å². The summed E-state index contributed by atoms with van der Waals surface area (Å²) in [7, 11) is 1.43. The van der Waals surface area contributed by atoms with Crippen LogP contribution in [0.2, 0.25) is 0 Å². The van der Waals surface area contributed by atoms with Crippen LogP contribution in [0.1, 0.15) is 18.3 Å². The zero-order valence-corrected chi connectivity index (χ0v) is 11.4. The van der Waals surface area contributed by atoms with Crippen molar-refractivity contribution in [2.45, 2.75) is 18.9 Å². The number of carbonyl (C=O) groups is 1. The first-order chi connectivity index (χ1) is 9.73. The lowest BCUT2D eigenvalue weighted by molar-refractivity contribution is -0.171. The van der Waals surface area contributed by atoms with Gasteiger partial charge in [0.15, 0.2) is 0 Å². The molecule has 1 atom stereocenters. The maximum atomic E-state index is 12.3. The van der Waals surface area contributed by atoms with Gasteiger partial charge in [-0.1, -0.05) is 35.5 Å². The number of tetrazole rings is 1. The molecule has 1 aromatic heterocycles. The van der Waals surface area contributed by atoms with E-state index in [9.17, 15) is 4.79 Å². The molecule has 1 N–H and O–H groups in total. The molecule has 0 aliphatic heterocycles. The number of ether oxygens (including phenoxy) is 2. The molecule has 0 saturated carbocycles. The van der Waals surface area contributed by atoms with Gasteiger partial charge in [-0.05, 0) is 12.5 Å². The molecule has 1 unspecified atom stereocenters. The fourth-order valence-corrected chi connectivity index (χ4v) is 1.95. The van der Waals surface area contributed by atoms with Crippen LogP contribution in [0.25, 0.3) is 0 Å². The van der Waals surface area contributed by atoms with Gasteiger partial charge >= 0.3 is 5.97 Å². The minimum atomic E-state index is -1.40. The van der Waals surface area contributed by atoms with E-state index in [4.69, 9.17) is 9.47 Å². The Morgan fingerprint density at radius 1 is 1.35 bits per heavy atom. The summed E-state index contributed by atoms with van der Waals surface area (Å²) in [6.07, 6.45) is 0.267. The minimum absolute atomic E-state index is 0.155. The first-order valence-electron chi connectivity index (χ1n) is 6.23. The van der Waals surface area contributed by atoms with E-state index in [1.54, 1.807) is 6.92 Å². The minimum Gasteiger partial charge on any atom is -0.463 e. The highest BCUT2D eigenvalue weighted by molar-refractivity contribution is 5.80. The zero-order valence-electron chi connectivity index (χ0n) is 11.4. The maximum Gasteiger partial charge on any atom is 0.346 e. The standard InChI is InChI=1S/C13H16N4O3/c1-3-20-12(18)13(19-2,11-14-16-17-15-11)9-10-7-5-4-6-8-10/h4-8H,3,9H2,1-2H3,(H,14,15,16,17). The van der Waals surface area contributed by atoms with E-state index >= 15 is 0 Å². The summed E-state index contributed by atoms with van der Waals surface area (Å²) in [5.74, 6) is -0.380. The molecule has 106 valence electrons. The molecule has 0 amide bonds. The van der Waals surface area contributed by atoms with E-state index < -0.39 is 11.6 Å². The second-order valence-electron chi connectivity index (χ2n) is 4.15. The van der Waals surface area contributed by atoms with Crippen molar-refractivity contribution in [3.63, 3.8) is 0 Å². The SMILES string of the molecule is CCOC(=O)C(Cc1ccccc1)(OC)c1nn[nH]n1. The number of aromatic amines is 1. The smallest absolute Gasteiger partial charge is 0.346 e. The summed E-state index contributed by atoms with van der Waals surface area (Å²) >= 11 is 0. The van der Waals surface area contributed by atoms with Gasteiger partial charge in [-0.25, -0.2) is 4.79 Å². The van der Waals surface area contributed by atoms with Crippen molar-refractivity contribution < 1.29 is 14.3 Å². The topological polar surface area (TPSA) is 90.0 Å². The second-order valence-corrected chi connectivity index (χ2v) is 4.15. The van der Waals surface area contributed by atoms with Crippen LogP contribution in [0, 0.1) is 0 Å². The highest BCUT2D eigenvalue weighted by Gasteiger charge is 2.46. The van der Waals surface area contributed by atoms with Crippen LogP contribution in [-0.2, 0) is 26.3 Å². The number of benzene rings is 1. The van der Waals surface area contributed by atoms with Gasteiger partial charge in [-0.2, -0.15) is 5.21 Å². The van der Waals surface area contributed by atoms with Crippen LogP contribution < -0.4 is 0 Å². The third kappa shape index (κ3) is 2.67. The summed E-state index contributed by atoms with van der Waals surface area (Å²) in [5, 5.41) is 13.6. The number of nitrogens with zero attached hydrogens (tertiary/aromatic N) is 3. The third-order valence-electron chi connectivity index (χ3n) is 2.96. The molecule has 0 spiro atoms. The number of hydrogen-bond acceptors (Lipinski definition) is 6. The van der Waals surface area contributed by atoms with Crippen molar-refractivity contribution in [1.29, 1.82) is 0 Å². The molecule has 0 aliphatic rings. The molecule has 2 aromatic rings. The monoisotopic (exact) mass is 276 g/mol. The Labute approximate surface area is 116 Å². The van der Waals surface area contributed by atoms with Crippen LogP contribution in [0.3, 0.4) is 0 Å². The Morgan fingerprint density at radius 2 is 2.10 bits per heavy atom. The molecule has 0 fully saturated rings. The second kappa shape index (κ2) is 6.25. The number of H-pyrrole nitrogens is 1. The fourth-order valence-electron chi connectivity index (χ4n) is 1.95. The molecule has 7 heteroatoms. The number of esters is 1. The van der Waals surface area contributed by atoms with Gasteiger partial charge in [-0.15, -0.1) is 10.2 Å². The van der Waals surface area contributed by atoms with Crippen molar-refractivity contribution in [2.24, 2.45) is 0 Å². The first-order valence-corrected chi connectivity index (χ1v) is 6.23. The van der Waals surface area contributed by atoms with Gasteiger partial charge < -0.3 is 9.47 Å². The summed E-state index contributed by atoms with van der Waals surface area (Å²) in [5.41, 5.74) is -0.489. The number of carbonyl (C=O) groups excluding carboxylic acids is 1. The Bertz CT molecular complexity index is 544. The molecular formula is C13H16N4O3. The Morgan fingerprint density at radius 3 is 2.65 bits per heavy atom. The van der Waals surface area contributed by atoms with Crippen LogP contribution in [-0.4, -0.2) is 40.3 Å². The van der Waals surface area contributed by atoms with Crippen LogP contribution in [0.4, 0.5) is 0 Å². The largest absolute Gasteiger partial charge is 0.463 e. The lowest BCUT2D eigenvalue weighted by Gasteiger charge is -2.26.